The average molecular weight is 405 g/mol. The van der Waals surface area contributed by atoms with Crippen LogP contribution in [0.2, 0.25) is 5.02 Å². The van der Waals surface area contributed by atoms with E-state index in [-0.39, 0.29) is 34.9 Å². The molecule has 8 heteroatoms. The van der Waals surface area contributed by atoms with Crippen LogP contribution in [0.25, 0.3) is 0 Å². The number of hydrogen-bond acceptors (Lipinski definition) is 4. The zero-order valence-corrected chi connectivity index (χ0v) is 16.1. The van der Waals surface area contributed by atoms with E-state index in [1.165, 1.54) is 12.1 Å². The first-order chi connectivity index (χ1) is 13.5. The van der Waals surface area contributed by atoms with Crippen LogP contribution < -0.4 is 10.6 Å². The Morgan fingerprint density at radius 1 is 1.18 bits per heavy atom. The Bertz CT molecular complexity index is 826. The molecular formula is C20H22ClFN4O2. The number of benzene rings is 1. The highest BCUT2D eigenvalue weighted by molar-refractivity contribution is 6.30. The highest BCUT2D eigenvalue weighted by atomic mass is 35.5. The summed E-state index contributed by atoms with van der Waals surface area (Å²) in [6.07, 6.45) is 3.35. The number of carbonyl (C=O) groups is 2. The number of nitrogens with zero attached hydrogens (tertiary/aromatic N) is 2. The first kappa shape index (κ1) is 20.2. The van der Waals surface area contributed by atoms with Gasteiger partial charge in [-0.05, 0) is 56.3 Å². The number of nitrogens with one attached hydrogen (secondary N) is 2. The second-order valence-corrected chi connectivity index (χ2v) is 7.18. The molecule has 1 aromatic heterocycles. The number of aromatic nitrogens is 1. The molecule has 1 aliphatic rings. The van der Waals surface area contributed by atoms with Crippen molar-refractivity contribution < 1.29 is 14.0 Å². The van der Waals surface area contributed by atoms with Gasteiger partial charge in [0.05, 0.1) is 5.69 Å². The molecule has 2 aromatic rings. The molecule has 0 unspecified atom stereocenters. The van der Waals surface area contributed by atoms with E-state index >= 15 is 0 Å². The lowest BCUT2D eigenvalue weighted by atomic mass is 9.96. The molecule has 0 aliphatic carbocycles. The normalized spacial score (nSPS) is 15.2. The first-order valence-corrected chi connectivity index (χ1v) is 9.58. The van der Waals surface area contributed by atoms with Gasteiger partial charge < -0.3 is 15.5 Å². The second-order valence-electron chi connectivity index (χ2n) is 6.74. The smallest absolute Gasteiger partial charge is 0.228 e. The Morgan fingerprint density at radius 2 is 1.96 bits per heavy atom. The van der Waals surface area contributed by atoms with E-state index in [1.807, 2.05) is 6.07 Å². The van der Waals surface area contributed by atoms with Crippen molar-refractivity contribution in [3.05, 3.63) is 53.4 Å². The van der Waals surface area contributed by atoms with Crippen LogP contribution in [0, 0.1) is 11.7 Å². The SMILES string of the molecule is O=C(CCN1CCC(C(=O)Nc2ccccn2)CC1)Nc1ccc(Cl)cc1F. The first-order valence-electron chi connectivity index (χ1n) is 9.20. The van der Waals surface area contributed by atoms with Crippen LogP contribution in [0.4, 0.5) is 15.9 Å². The van der Waals surface area contributed by atoms with E-state index in [0.717, 1.165) is 32.0 Å². The largest absolute Gasteiger partial charge is 0.324 e. The van der Waals surface area contributed by atoms with Gasteiger partial charge in [-0.3, -0.25) is 9.59 Å². The molecule has 0 saturated carbocycles. The number of piperidine rings is 1. The van der Waals surface area contributed by atoms with Crippen molar-refractivity contribution >= 4 is 34.9 Å². The zero-order valence-electron chi connectivity index (χ0n) is 15.3. The van der Waals surface area contributed by atoms with Crippen molar-refractivity contribution in [2.24, 2.45) is 5.92 Å². The molecule has 0 radical (unpaired) electrons. The van der Waals surface area contributed by atoms with Crippen LogP contribution in [0.3, 0.4) is 0 Å². The zero-order chi connectivity index (χ0) is 19.9. The lowest BCUT2D eigenvalue weighted by Gasteiger charge is -2.31. The van der Waals surface area contributed by atoms with Crippen molar-refractivity contribution in [3.8, 4) is 0 Å². The van der Waals surface area contributed by atoms with Crippen molar-refractivity contribution in [2.75, 3.05) is 30.3 Å². The Kier molecular flexibility index (Phi) is 6.95. The third-order valence-electron chi connectivity index (χ3n) is 4.73. The van der Waals surface area contributed by atoms with Crippen molar-refractivity contribution in [3.63, 3.8) is 0 Å². The average Bonchev–Trinajstić information content (AvgIpc) is 2.70. The highest BCUT2D eigenvalue weighted by Gasteiger charge is 2.25. The third kappa shape index (κ3) is 5.74. The van der Waals surface area contributed by atoms with Gasteiger partial charge in [0.2, 0.25) is 11.8 Å². The summed E-state index contributed by atoms with van der Waals surface area (Å²) in [6, 6.07) is 9.52. The summed E-state index contributed by atoms with van der Waals surface area (Å²) in [6.45, 7) is 2.04. The standard InChI is InChI=1S/C20H22ClFN4O2/c21-15-4-5-17(16(22)13-15)24-19(27)8-12-26-10-6-14(7-11-26)20(28)25-18-3-1-2-9-23-18/h1-5,9,13-14H,6-8,10-12H2,(H,24,27)(H,23,25,28). The molecule has 2 N–H and O–H groups in total. The second kappa shape index (κ2) is 9.61. The summed E-state index contributed by atoms with van der Waals surface area (Å²) in [4.78, 5) is 30.6. The maximum Gasteiger partial charge on any atom is 0.228 e. The number of likely N-dealkylation sites (tertiary alicyclic amines) is 1. The van der Waals surface area contributed by atoms with Gasteiger partial charge in [-0.2, -0.15) is 0 Å². The number of halogens is 2. The van der Waals surface area contributed by atoms with Gasteiger partial charge in [-0.1, -0.05) is 17.7 Å². The van der Waals surface area contributed by atoms with Gasteiger partial charge in [0.15, 0.2) is 0 Å². The molecule has 6 nitrogen and oxygen atoms in total. The number of amides is 2. The molecule has 1 aromatic carbocycles. The maximum absolute atomic E-state index is 13.7. The van der Waals surface area contributed by atoms with Crippen molar-refractivity contribution in [2.45, 2.75) is 19.3 Å². The number of hydrogen-bond donors (Lipinski definition) is 2. The number of pyridine rings is 1. The van der Waals surface area contributed by atoms with Gasteiger partial charge in [-0.15, -0.1) is 0 Å². The molecule has 2 amide bonds. The minimum Gasteiger partial charge on any atom is -0.324 e. The molecule has 1 fully saturated rings. The van der Waals surface area contributed by atoms with Crippen molar-refractivity contribution in [1.82, 2.24) is 9.88 Å². The molecule has 1 aliphatic heterocycles. The predicted octanol–water partition coefficient (Wildman–Crippen LogP) is 3.55. The van der Waals surface area contributed by atoms with E-state index < -0.39 is 5.82 Å². The van der Waals surface area contributed by atoms with Crippen LogP contribution in [0.5, 0.6) is 0 Å². The maximum atomic E-state index is 13.7. The topological polar surface area (TPSA) is 74.3 Å². The number of carbonyl (C=O) groups excluding carboxylic acids is 2. The fourth-order valence-electron chi connectivity index (χ4n) is 3.15. The molecular weight excluding hydrogens is 383 g/mol. The molecule has 148 valence electrons. The van der Waals surface area contributed by atoms with E-state index in [4.69, 9.17) is 11.6 Å². The monoisotopic (exact) mass is 404 g/mol. The predicted molar refractivity (Wildman–Crippen MR) is 107 cm³/mol. The number of rotatable bonds is 6. The molecule has 2 heterocycles. The Morgan fingerprint density at radius 3 is 2.64 bits per heavy atom. The Balaban J connectivity index is 1.39. The van der Waals surface area contributed by atoms with Gasteiger partial charge in [0, 0.05) is 30.1 Å². The van der Waals surface area contributed by atoms with E-state index in [9.17, 15) is 14.0 Å². The summed E-state index contributed by atoms with van der Waals surface area (Å²) in [7, 11) is 0. The number of anilines is 2. The van der Waals surface area contributed by atoms with Crippen LogP contribution in [-0.2, 0) is 9.59 Å². The molecule has 0 atom stereocenters. The van der Waals surface area contributed by atoms with Crippen LogP contribution in [0.15, 0.2) is 42.6 Å². The summed E-state index contributed by atoms with van der Waals surface area (Å²) >= 11 is 5.70. The molecule has 0 bridgehead atoms. The fourth-order valence-corrected chi connectivity index (χ4v) is 3.31. The van der Waals surface area contributed by atoms with Crippen LogP contribution in [0.1, 0.15) is 19.3 Å². The summed E-state index contributed by atoms with van der Waals surface area (Å²) < 4.78 is 13.7. The Hall–Kier alpha value is -2.51. The molecule has 28 heavy (non-hydrogen) atoms. The lowest BCUT2D eigenvalue weighted by molar-refractivity contribution is -0.121. The van der Waals surface area contributed by atoms with Gasteiger partial charge >= 0.3 is 0 Å². The molecule has 1 saturated heterocycles. The summed E-state index contributed by atoms with van der Waals surface area (Å²) in [5.74, 6) is -0.331. The van der Waals surface area contributed by atoms with Gasteiger partial charge in [-0.25, -0.2) is 9.37 Å². The summed E-state index contributed by atoms with van der Waals surface area (Å²) in [5.41, 5.74) is 0.124. The quantitative estimate of drug-likeness (QED) is 0.772. The van der Waals surface area contributed by atoms with Gasteiger partial charge in [0.25, 0.3) is 0 Å². The lowest BCUT2D eigenvalue weighted by Crippen LogP contribution is -2.39. The Labute approximate surface area is 168 Å². The minimum atomic E-state index is -0.555. The highest BCUT2D eigenvalue weighted by Crippen LogP contribution is 2.21. The fraction of sp³-hybridized carbons (Fsp3) is 0.350. The van der Waals surface area contributed by atoms with E-state index in [2.05, 4.69) is 20.5 Å². The molecule has 3 rings (SSSR count). The summed E-state index contributed by atoms with van der Waals surface area (Å²) in [5, 5.41) is 5.68. The minimum absolute atomic E-state index is 0.0192. The third-order valence-corrected chi connectivity index (χ3v) is 4.97. The van der Waals surface area contributed by atoms with Crippen molar-refractivity contribution in [1.29, 1.82) is 0 Å². The van der Waals surface area contributed by atoms with Crippen LogP contribution >= 0.6 is 11.6 Å². The molecule has 0 spiro atoms. The van der Waals surface area contributed by atoms with E-state index in [1.54, 1.807) is 18.3 Å². The van der Waals surface area contributed by atoms with Gasteiger partial charge in [0.1, 0.15) is 11.6 Å². The van der Waals surface area contributed by atoms with Crippen LogP contribution in [-0.4, -0.2) is 41.3 Å². The van der Waals surface area contributed by atoms with E-state index in [0.29, 0.717) is 12.4 Å².